The van der Waals surface area contributed by atoms with E-state index in [1.165, 1.54) is 9.75 Å². The first-order valence-electron chi connectivity index (χ1n) is 7.99. The van der Waals surface area contributed by atoms with E-state index in [0.29, 0.717) is 0 Å². The highest BCUT2D eigenvalue weighted by Gasteiger charge is 2.21. The predicted octanol–water partition coefficient (Wildman–Crippen LogP) is 3.36. The van der Waals surface area contributed by atoms with Crippen LogP contribution in [0.1, 0.15) is 4.88 Å². The molecule has 2 aromatic rings. The van der Waals surface area contributed by atoms with Gasteiger partial charge in [0.25, 0.3) is 0 Å². The topological polar surface area (TPSA) is 32.8 Å². The number of benzene rings is 1. The molecule has 1 amide bonds. The molecule has 0 atom stereocenters. The number of amides is 1. The minimum atomic E-state index is 0.0801. The second-order valence-corrected chi connectivity index (χ2v) is 7.47. The molecule has 1 saturated heterocycles. The van der Waals surface area contributed by atoms with Crippen LogP contribution in [0.25, 0.3) is 10.4 Å². The Hall–Kier alpha value is -1.40. The standard InChI is InChI=1S/C18H21ClN2O2S/c1-23-13-18(22)21-9-7-20(8-10-21)12-16-5-6-17(24-16)14-3-2-4-15(19)11-14/h2-6,11H,7-10,12-13H2,1H3. The van der Waals surface area contributed by atoms with Gasteiger partial charge in [0.2, 0.25) is 5.91 Å². The quantitative estimate of drug-likeness (QED) is 0.815. The first-order chi connectivity index (χ1) is 11.7. The molecule has 2 heterocycles. The minimum Gasteiger partial charge on any atom is -0.375 e. The molecule has 1 aromatic heterocycles. The van der Waals surface area contributed by atoms with Gasteiger partial charge in [-0.05, 0) is 29.8 Å². The Morgan fingerprint density at radius 3 is 2.71 bits per heavy atom. The van der Waals surface area contributed by atoms with Gasteiger partial charge < -0.3 is 9.64 Å². The number of hydrogen-bond acceptors (Lipinski definition) is 4. The van der Waals surface area contributed by atoms with Crippen molar-refractivity contribution in [1.82, 2.24) is 9.80 Å². The number of halogens is 1. The van der Waals surface area contributed by atoms with Crippen LogP contribution >= 0.6 is 22.9 Å². The van der Waals surface area contributed by atoms with E-state index in [4.69, 9.17) is 16.3 Å². The summed E-state index contributed by atoms with van der Waals surface area (Å²) in [4.78, 5) is 18.7. The molecular weight excluding hydrogens is 344 g/mol. The lowest BCUT2D eigenvalue weighted by atomic mass is 10.2. The average Bonchev–Trinajstić information content (AvgIpc) is 3.04. The molecule has 0 saturated carbocycles. The van der Waals surface area contributed by atoms with Crippen molar-refractivity contribution in [3.8, 4) is 10.4 Å². The summed E-state index contributed by atoms with van der Waals surface area (Å²) in [6, 6.07) is 12.3. The van der Waals surface area contributed by atoms with Gasteiger partial charge in [-0.25, -0.2) is 0 Å². The van der Waals surface area contributed by atoms with Gasteiger partial charge in [-0.15, -0.1) is 11.3 Å². The number of nitrogens with zero attached hydrogens (tertiary/aromatic N) is 2. The molecule has 6 heteroatoms. The van der Waals surface area contributed by atoms with E-state index in [2.05, 4.69) is 23.1 Å². The monoisotopic (exact) mass is 364 g/mol. The molecule has 1 aromatic carbocycles. The SMILES string of the molecule is COCC(=O)N1CCN(Cc2ccc(-c3cccc(Cl)c3)s2)CC1. The highest BCUT2D eigenvalue weighted by atomic mass is 35.5. The van der Waals surface area contributed by atoms with Crippen LogP contribution in [0.2, 0.25) is 5.02 Å². The second-order valence-electron chi connectivity index (χ2n) is 5.87. The molecule has 3 rings (SSSR count). The number of ether oxygens (including phenoxy) is 1. The largest absolute Gasteiger partial charge is 0.375 e. The molecule has 0 unspecified atom stereocenters. The lowest BCUT2D eigenvalue weighted by molar-refractivity contribution is -0.136. The first kappa shape index (κ1) is 17.4. The van der Waals surface area contributed by atoms with Gasteiger partial charge in [-0.1, -0.05) is 23.7 Å². The van der Waals surface area contributed by atoms with E-state index in [9.17, 15) is 4.79 Å². The predicted molar refractivity (Wildman–Crippen MR) is 98.5 cm³/mol. The molecule has 0 radical (unpaired) electrons. The third kappa shape index (κ3) is 4.36. The van der Waals surface area contributed by atoms with Gasteiger partial charge in [-0.3, -0.25) is 9.69 Å². The van der Waals surface area contributed by atoms with Crippen LogP contribution in [0.15, 0.2) is 36.4 Å². The Bertz CT molecular complexity index is 696. The van der Waals surface area contributed by atoms with Crippen molar-refractivity contribution in [2.45, 2.75) is 6.54 Å². The van der Waals surface area contributed by atoms with Crippen molar-refractivity contribution in [3.05, 3.63) is 46.3 Å². The highest BCUT2D eigenvalue weighted by molar-refractivity contribution is 7.15. The van der Waals surface area contributed by atoms with Crippen LogP contribution in [0.3, 0.4) is 0 Å². The number of carbonyl (C=O) groups excluding carboxylic acids is 1. The van der Waals surface area contributed by atoms with Crippen LogP contribution in [0.5, 0.6) is 0 Å². The number of carbonyl (C=O) groups is 1. The van der Waals surface area contributed by atoms with Crippen molar-refractivity contribution in [1.29, 1.82) is 0 Å². The van der Waals surface area contributed by atoms with Crippen molar-refractivity contribution in [2.75, 3.05) is 39.9 Å². The maximum atomic E-state index is 11.8. The number of rotatable bonds is 5. The van der Waals surface area contributed by atoms with Crippen LogP contribution < -0.4 is 0 Å². The lowest BCUT2D eigenvalue weighted by Gasteiger charge is -2.34. The molecule has 0 spiro atoms. The molecule has 128 valence electrons. The molecule has 4 nitrogen and oxygen atoms in total. The van der Waals surface area contributed by atoms with Crippen LogP contribution in [-0.4, -0.2) is 55.6 Å². The molecule has 1 fully saturated rings. The lowest BCUT2D eigenvalue weighted by Crippen LogP contribution is -2.49. The molecule has 0 aliphatic carbocycles. The Morgan fingerprint density at radius 2 is 2.00 bits per heavy atom. The van der Waals surface area contributed by atoms with E-state index in [1.54, 1.807) is 18.4 Å². The summed E-state index contributed by atoms with van der Waals surface area (Å²) in [7, 11) is 1.56. The zero-order valence-electron chi connectivity index (χ0n) is 13.7. The summed E-state index contributed by atoms with van der Waals surface area (Å²) >= 11 is 7.88. The minimum absolute atomic E-state index is 0.0801. The second kappa shape index (κ2) is 8.12. The summed E-state index contributed by atoms with van der Waals surface area (Å²) in [5, 5.41) is 0.763. The molecule has 24 heavy (non-hydrogen) atoms. The van der Waals surface area contributed by atoms with Crippen molar-refractivity contribution in [2.24, 2.45) is 0 Å². The van der Waals surface area contributed by atoms with Crippen LogP contribution in [-0.2, 0) is 16.1 Å². The van der Waals surface area contributed by atoms with Crippen molar-refractivity contribution >= 4 is 28.8 Å². The highest BCUT2D eigenvalue weighted by Crippen LogP contribution is 2.30. The van der Waals surface area contributed by atoms with Gasteiger partial charge in [-0.2, -0.15) is 0 Å². The molecule has 1 aliphatic rings. The maximum Gasteiger partial charge on any atom is 0.248 e. The summed E-state index contributed by atoms with van der Waals surface area (Å²) in [5.41, 5.74) is 1.16. The van der Waals surface area contributed by atoms with E-state index in [1.807, 2.05) is 23.1 Å². The molecule has 1 aliphatic heterocycles. The number of thiophene rings is 1. The van der Waals surface area contributed by atoms with E-state index < -0.39 is 0 Å². The Balaban J connectivity index is 1.56. The van der Waals surface area contributed by atoms with Crippen molar-refractivity contribution in [3.63, 3.8) is 0 Å². The van der Waals surface area contributed by atoms with Gasteiger partial charge in [0.15, 0.2) is 0 Å². The smallest absolute Gasteiger partial charge is 0.248 e. The summed E-state index contributed by atoms with van der Waals surface area (Å²) in [5.74, 6) is 0.0801. The van der Waals surface area contributed by atoms with Gasteiger partial charge in [0.1, 0.15) is 6.61 Å². The number of hydrogen-bond donors (Lipinski definition) is 0. The molecule has 0 N–H and O–H groups in total. The van der Waals surface area contributed by atoms with E-state index in [-0.39, 0.29) is 12.5 Å². The van der Waals surface area contributed by atoms with Gasteiger partial charge in [0, 0.05) is 54.6 Å². The van der Waals surface area contributed by atoms with Crippen LogP contribution in [0.4, 0.5) is 0 Å². The average molecular weight is 365 g/mol. The van der Waals surface area contributed by atoms with Crippen LogP contribution in [0, 0.1) is 0 Å². The fourth-order valence-corrected chi connectivity index (χ4v) is 4.09. The Labute approximate surface area is 151 Å². The molecule has 0 bridgehead atoms. The Kier molecular flexibility index (Phi) is 5.89. The number of methoxy groups -OCH3 is 1. The summed E-state index contributed by atoms with van der Waals surface area (Å²) in [6.07, 6.45) is 0. The van der Waals surface area contributed by atoms with Crippen molar-refractivity contribution < 1.29 is 9.53 Å². The first-order valence-corrected chi connectivity index (χ1v) is 9.19. The fraction of sp³-hybridized carbons (Fsp3) is 0.389. The third-order valence-electron chi connectivity index (χ3n) is 4.14. The van der Waals surface area contributed by atoms with Gasteiger partial charge >= 0.3 is 0 Å². The maximum absolute atomic E-state index is 11.8. The zero-order valence-corrected chi connectivity index (χ0v) is 15.3. The van der Waals surface area contributed by atoms with Gasteiger partial charge in [0.05, 0.1) is 0 Å². The summed E-state index contributed by atoms with van der Waals surface area (Å²) in [6.45, 7) is 4.45. The number of piperazine rings is 1. The van der Waals surface area contributed by atoms with E-state index in [0.717, 1.165) is 43.3 Å². The zero-order chi connectivity index (χ0) is 16.9. The normalized spacial score (nSPS) is 15.7. The fourth-order valence-electron chi connectivity index (χ4n) is 2.85. The summed E-state index contributed by atoms with van der Waals surface area (Å²) < 4.78 is 4.92. The molecular formula is C18H21ClN2O2S. The third-order valence-corrected chi connectivity index (χ3v) is 5.50. The van der Waals surface area contributed by atoms with E-state index >= 15 is 0 Å². The Morgan fingerprint density at radius 1 is 1.21 bits per heavy atom.